The minimum atomic E-state index is -0.387. The van der Waals surface area contributed by atoms with Crippen molar-refractivity contribution in [2.75, 3.05) is 26.2 Å². The van der Waals surface area contributed by atoms with Gasteiger partial charge < -0.3 is 10.0 Å². The molecule has 2 aromatic rings. The topological polar surface area (TPSA) is 60.9 Å². The summed E-state index contributed by atoms with van der Waals surface area (Å²) >= 11 is 0. The molecule has 5 heteroatoms. The monoisotopic (exact) mass is 572 g/mol. The number of benzene rings is 2. The molecule has 0 aromatic heterocycles. The fraction of sp³-hybridized carbons (Fsp3) is 0.568. The average molecular weight is 573 g/mol. The summed E-state index contributed by atoms with van der Waals surface area (Å²) < 4.78 is 0. The maximum Gasteiger partial charge on any atom is 0.222 e. The number of amides is 1. The molecule has 3 atom stereocenters. The number of hydrogen-bond donors (Lipinski definition) is 1. The molecule has 4 rings (SSSR count). The Balaban J connectivity index is 1.14. The molecule has 0 bridgehead atoms. The second-order valence-electron chi connectivity index (χ2n) is 12.3. The van der Waals surface area contributed by atoms with Gasteiger partial charge in [-0.05, 0) is 42.7 Å². The molecule has 1 saturated heterocycles. The van der Waals surface area contributed by atoms with Crippen LogP contribution in [-0.2, 0) is 9.59 Å². The van der Waals surface area contributed by atoms with Gasteiger partial charge in [0.1, 0.15) is 5.78 Å². The Bertz CT molecular complexity index is 1060. The van der Waals surface area contributed by atoms with Gasteiger partial charge in [0, 0.05) is 44.9 Å². The molecule has 1 amide bonds. The molecule has 42 heavy (non-hydrogen) atoms. The van der Waals surface area contributed by atoms with E-state index < -0.39 is 0 Å². The smallest absolute Gasteiger partial charge is 0.222 e. The molecule has 1 heterocycles. The van der Waals surface area contributed by atoms with Crippen LogP contribution < -0.4 is 0 Å². The number of aliphatic hydroxyl groups is 1. The Kier molecular flexibility index (Phi) is 13.3. The number of nitrogens with zero attached hydrogens (tertiary/aromatic N) is 2. The summed E-state index contributed by atoms with van der Waals surface area (Å²) in [5, 5.41) is 10.2. The number of allylic oxidation sites excluding steroid dienone is 1. The van der Waals surface area contributed by atoms with Crippen molar-refractivity contribution >= 4 is 11.7 Å². The molecule has 0 radical (unpaired) electrons. The molecule has 2 aromatic carbocycles. The van der Waals surface area contributed by atoms with Crippen LogP contribution in [0.4, 0.5) is 0 Å². The highest BCUT2D eigenvalue weighted by Crippen LogP contribution is 2.34. The van der Waals surface area contributed by atoms with E-state index in [4.69, 9.17) is 0 Å². The number of Topliss-reactive ketones (excluding diaryl/α,β-unsaturated/α-hetero) is 1. The van der Waals surface area contributed by atoms with Crippen LogP contribution in [0.2, 0.25) is 0 Å². The lowest BCUT2D eigenvalue weighted by atomic mass is 9.89. The third-order valence-corrected chi connectivity index (χ3v) is 9.26. The van der Waals surface area contributed by atoms with E-state index in [0.717, 1.165) is 90.4 Å². The van der Waals surface area contributed by atoms with Gasteiger partial charge in [-0.2, -0.15) is 0 Å². The molecule has 2 aliphatic rings. The van der Waals surface area contributed by atoms with E-state index in [2.05, 4.69) is 78.6 Å². The van der Waals surface area contributed by atoms with Gasteiger partial charge in [0.05, 0.1) is 12.1 Å². The largest absolute Gasteiger partial charge is 0.389 e. The molecule has 0 spiro atoms. The van der Waals surface area contributed by atoms with Crippen molar-refractivity contribution in [3.63, 3.8) is 0 Å². The van der Waals surface area contributed by atoms with E-state index in [0.29, 0.717) is 18.6 Å². The van der Waals surface area contributed by atoms with Crippen LogP contribution in [0.3, 0.4) is 0 Å². The Hall–Kier alpha value is -2.76. The molecule has 228 valence electrons. The third kappa shape index (κ3) is 9.64. The van der Waals surface area contributed by atoms with Crippen molar-refractivity contribution < 1.29 is 14.7 Å². The summed E-state index contributed by atoms with van der Waals surface area (Å²) in [6, 6.07) is 21.6. The summed E-state index contributed by atoms with van der Waals surface area (Å²) in [4.78, 5) is 30.0. The van der Waals surface area contributed by atoms with E-state index in [-0.39, 0.29) is 29.9 Å². The zero-order valence-corrected chi connectivity index (χ0v) is 25.7. The summed E-state index contributed by atoms with van der Waals surface area (Å²) in [6.45, 7) is 5.48. The van der Waals surface area contributed by atoms with Crippen LogP contribution >= 0.6 is 0 Å². The molecule has 1 aliphatic heterocycles. The highest BCUT2D eigenvalue weighted by Gasteiger charge is 2.32. The van der Waals surface area contributed by atoms with Crippen LogP contribution in [0.1, 0.15) is 101 Å². The SMILES string of the molecule is CCCCCC(O)C=CC1CCC(=O)C1CCCCCCC(=O)N1CCN(C(c2ccccc2)c2ccccc2)CC1. The van der Waals surface area contributed by atoms with Gasteiger partial charge in [-0.15, -0.1) is 0 Å². The van der Waals surface area contributed by atoms with Crippen LogP contribution in [0.15, 0.2) is 72.8 Å². The minimum Gasteiger partial charge on any atom is -0.389 e. The number of carbonyl (C=O) groups excluding carboxylic acids is 2. The first kappa shape index (κ1) is 32.2. The van der Waals surface area contributed by atoms with Gasteiger partial charge in [0.25, 0.3) is 0 Å². The van der Waals surface area contributed by atoms with E-state index in [1.54, 1.807) is 0 Å². The van der Waals surface area contributed by atoms with Crippen molar-refractivity contribution in [2.45, 2.75) is 96.1 Å². The first-order valence-electron chi connectivity index (χ1n) is 16.6. The number of hydrogen-bond acceptors (Lipinski definition) is 4. The number of ketones is 1. The first-order chi connectivity index (χ1) is 20.6. The molecular weight excluding hydrogens is 520 g/mol. The van der Waals surface area contributed by atoms with Gasteiger partial charge in [-0.1, -0.05) is 118 Å². The Morgan fingerprint density at radius 2 is 1.52 bits per heavy atom. The summed E-state index contributed by atoms with van der Waals surface area (Å²) in [5.41, 5.74) is 2.59. The second-order valence-corrected chi connectivity index (χ2v) is 12.3. The van der Waals surface area contributed by atoms with E-state index in [1.165, 1.54) is 11.1 Å². The molecular formula is C37H52N2O3. The minimum absolute atomic E-state index is 0.109. The Morgan fingerprint density at radius 3 is 2.17 bits per heavy atom. The van der Waals surface area contributed by atoms with Gasteiger partial charge >= 0.3 is 0 Å². The lowest BCUT2D eigenvalue weighted by Gasteiger charge is -2.40. The van der Waals surface area contributed by atoms with Crippen molar-refractivity contribution in [3.05, 3.63) is 83.9 Å². The highest BCUT2D eigenvalue weighted by molar-refractivity contribution is 5.83. The number of unbranched alkanes of at least 4 members (excludes halogenated alkanes) is 5. The molecule has 1 N–H and O–H groups in total. The van der Waals surface area contributed by atoms with Crippen LogP contribution in [-0.4, -0.2) is 58.9 Å². The predicted molar refractivity (Wildman–Crippen MR) is 171 cm³/mol. The number of aliphatic hydroxyl groups excluding tert-OH is 1. The van der Waals surface area contributed by atoms with Crippen molar-refractivity contribution in [1.82, 2.24) is 9.80 Å². The fourth-order valence-electron chi connectivity index (χ4n) is 6.78. The number of piperazine rings is 1. The highest BCUT2D eigenvalue weighted by atomic mass is 16.3. The van der Waals surface area contributed by atoms with E-state index in [9.17, 15) is 14.7 Å². The first-order valence-corrected chi connectivity index (χ1v) is 16.6. The van der Waals surface area contributed by atoms with Gasteiger partial charge in [0.15, 0.2) is 0 Å². The quantitative estimate of drug-likeness (QED) is 0.169. The lowest BCUT2D eigenvalue weighted by Crippen LogP contribution is -2.49. The number of rotatable bonds is 16. The standard InChI is InChI=1S/C37H52N2O3/c1-2-3-8-19-33(40)24-22-30-23-25-35(41)34(30)20-13-4-5-14-21-36(42)38-26-28-39(29-27-38)37(31-15-9-6-10-16-31)32-17-11-7-12-18-32/h6-7,9-12,15-18,22,24,30,33-34,37,40H,2-5,8,13-14,19-21,23,25-29H2,1H3. The van der Waals surface area contributed by atoms with Gasteiger partial charge in [-0.25, -0.2) is 0 Å². The van der Waals surface area contributed by atoms with Gasteiger partial charge in [0.2, 0.25) is 5.91 Å². The van der Waals surface area contributed by atoms with Crippen LogP contribution in [0.25, 0.3) is 0 Å². The van der Waals surface area contributed by atoms with E-state index >= 15 is 0 Å². The lowest BCUT2D eigenvalue weighted by molar-refractivity contribution is -0.133. The molecule has 1 saturated carbocycles. The molecule has 3 unspecified atom stereocenters. The summed E-state index contributed by atoms with van der Waals surface area (Å²) in [5.74, 6) is 1.06. The second kappa shape index (κ2) is 17.4. The third-order valence-electron chi connectivity index (χ3n) is 9.26. The summed E-state index contributed by atoms with van der Waals surface area (Å²) in [6.07, 6.45) is 15.0. The fourth-order valence-corrected chi connectivity index (χ4v) is 6.78. The van der Waals surface area contributed by atoms with E-state index in [1.807, 2.05) is 11.0 Å². The Labute approximate surface area is 254 Å². The number of carbonyl (C=O) groups is 2. The van der Waals surface area contributed by atoms with Crippen LogP contribution in [0.5, 0.6) is 0 Å². The van der Waals surface area contributed by atoms with Gasteiger partial charge in [-0.3, -0.25) is 14.5 Å². The van der Waals surface area contributed by atoms with Crippen molar-refractivity contribution in [3.8, 4) is 0 Å². The Morgan fingerprint density at radius 1 is 0.881 bits per heavy atom. The molecule has 5 nitrogen and oxygen atoms in total. The van der Waals surface area contributed by atoms with Crippen molar-refractivity contribution in [2.24, 2.45) is 11.8 Å². The maximum absolute atomic E-state index is 13.0. The summed E-state index contributed by atoms with van der Waals surface area (Å²) in [7, 11) is 0. The zero-order chi connectivity index (χ0) is 29.6. The van der Waals surface area contributed by atoms with Crippen LogP contribution in [0, 0.1) is 11.8 Å². The molecule has 1 aliphatic carbocycles. The van der Waals surface area contributed by atoms with Crippen molar-refractivity contribution in [1.29, 1.82) is 0 Å². The predicted octanol–water partition coefficient (Wildman–Crippen LogP) is 7.35. The average Bonchev–Trinajstić information content (AvgIpc) is 3.38. The maximum atomic E-state index is 13.0. The normalized spacial score (nSPS) is 20.5. The zero-order valence-electron chi connectivity index (χ0n) is 25.7. The molecule has 2 fully saturated rings.